The van der Waals surface area contributed by atoms with Crippen LogP contribution in [-0.2, 0) is 9.47 Å². The zero-order valence-corrected chi connectivity index (χ0v) is 19.9. The number of hydrogen-bond donors (Lipinski definition) is 4. The largest absolute Gasteiger partial charge is 0.508 e. The lowest BCUT2D eigenvalue weighted by Crippen LogP contribution is -2.42. The molecule has 0 saturated heterocycles. The molecule has 0 saturated carbocycles. The summed E-state index contributed by atoms with van der Waals surface area (Å²) in [7, 11) is 0. The molecule has 10 nitrogen and oxygen atoms in total. The number of rotatable bonds is 15. The summed E-state index contributed by atoms with van der Waals surface area (Å²) in [5.74, 6) is 0.864. The van der Waals surface area contributed by atoms with Crippen LogP contribution in [0.2, 0.25) is 0 Å². The minimum atomic E-state index is -0.638. The van der Waals surface area contributed by atoms with E-state index in [0.717, 1.165) is 57.8 Å². The molecule has 0 atom stereocenters. The summed E-state index contributed by atoms with van der Waals surface area (Å²) in [6.07, 6.45) is 8.98. The van der Waals surface area contributed by atoms with Gasteiger partial charge in [-0.05, 0) is 54.4 Å². The molecule has 6 N–H and O–H groups in total. The number of nitrogens with zero attached hydrogens (tertiary/aromatic N) is 1. The van der Waals surface area contributed by atoms with Gasteiger partial charge in [0.05, 0.1) is 18.8 Å². The molecule has 0 heterocycles. The van der Waals surface area contributed by atoms with Crippen molar-refractivity contribution in [3.63, 3.8) is 0 Å². The fraction of sp³-hybridized carbons (Fsp3) is 0.440. The van der Waals surface area contributed by atoms with E-state index in [-0.39, 0.29) is 29.4 Å². The van der Waals surface area contributed by atoms with E-state index < -0.39 is 11.9 Å². The van der Waals surface area contributed by atoms with Gasteiger partial charge in [0.15, 0.2) is 0 Å². The SMILES string of the molecule is O=Nc1cccc(C(=O)OCCCCCCCCCCCOC(=O)c2cc(O)ccc2O)c1.[NH3+]O. The number of nitroso groups, excluding NO2 is 1. The highest BCUT2D eigenvalue weighted by Gasteiger charge is 2.13. The summed E-state index contributed by atoms with van der Waals surface area (Å²) in [5.41, 5.74) is 0.507. The van der Waals surface area contributed by atoms with Gasteiger partial charge < -0.3 is 19.7 Å². The van der Waals surface area contributed by atoms with Crippen molar-refractivity contribution in [3.05, 3.63) is 58.5 Å². The van der Waals surface area contributed by atoms with E-state index in [1.807, 2.05) is 0 Å². The topological polar surface area (TPSA) is 170 Å². The Morgan fingerprint density at radius 1 is 0.743 bits per heavy atom. The number of benzene rings is 2. The van der Waals surface area contributed by atoms with Crippen molar-refractivity contribution in [2.75, 3.05) is 13.2 Å². The monoisotopic (exact) mass is 491 g/mol. The fourth-order valence-corrected chi connectivity index (χ4v) is 3.31. The molecule has 0 aromatic heterocycles. The van der Waals surface area contributed by atoms with Gasteiger partial charge in [-0.25, -0.2) is 20.7 Å². The van der Waals surface area contributed by atoms with Gasteiger partial charge in [0.1, 0.15) is 22.7 Å². The quantitative estimate of drug-likeness (QED) is 0.0917. The van der Waals surface area contributed by atoms with Crippen LogP contribution in [-0.4, -0.2) is 40.6 Å². The molecule has 0 amide bonds. The predicted molar refractivity (Wildman–Crippen MR) is 128 cm³/mol. The lowest BCUT2D eigenvalue weighted by atomic mass is 10.1. The number of phenols is 2. The molecule has 0 aliphatic carbocycles. The maximum absolute atomic E-state index is 11.9. The van der Waals surface area contributed by atoms with Crippen LogP contribution in [0.4, 0.5) is 5.69 Å². The highest BCUT2D eigenvalue weighted by Crippen LogP contribution is 2.23. The smallest absolute Gasteiger partial charge is 0.342 e. The van der Waals surface area contributed by atoms with Crippen molar-refractivity contribution in [1.29, 1.82) is 0 Å². The number of phenolic OH excluding ortho intramolecular Hbond substituents is 2. The molecule has 2 rings (SSSR count). The zero-order chi connectivity index (χ0) is 25.9. The lowest BCUT2D eigenvalue weighted by Gasteiger charge is -2.07. The van der Waals surface area contributed by atoms with Crippen LogP contribution >= 0.6 is 0 Å². The van der Waals surface area contributed by atoms with Crippen LogP contribution in [0.25, 0.3) is 0 Å². The third kappa shape index (κ3) is 12.0. The number of ether oxygens (including phenoxy) is 2. The second kappa shape index (κ2) is 17.9. The standard InChI is InChI=1S/C25H31NO7.H4NO/c27-21-13-14-23(28)22(18-21)25(30)33-16-9-7-5-3-1-2-4-6-8-15-32-24(29)19-11-10-12-20(17-19)26-31;1-2/h10-14,17-18,27-28H,1-9,15-16H2;2H,1H3/q;+1. The summed E-state index contributed by atoms with van der Waals surface area (Å²) in [6.45, 7) is 0.638. The Kier molecular flexibility index (Phi) is 15.1. The Bertz CT molecular complexity index is 920. The molecule has 0 bridgehead atoms. The maximum atomic E-state index is 11.9. The Labute approximate surface area is 204 Å². The third-order valence-corrected chi connectivity index (χ3v) is 5.14. The van der Waals surface area contributed by atoms with Crippen LogP contribution < -0.4 is 5.90 Å². The molecule has 2 aromatic rings. The summed E-state index contributed by atoms with van der Waals surface area (Å²) < 4.78 is 10.4. The van der Waals surface area contributed by atoms with Crippen molar-refractivity contribution in [3.8, 4) is 11.5 Å². The predicted octanol–water partition coefficient (Wildman–Crippen LogP) is 4.64. The van der Waals surface area contributed by atoms with E-state index in [9.17, 15) is 24.7 Å². The number of hydrogen-bond acceptors (Lipinski definition) is 9. The molecule has 2 aromatic carbocycles. The van der Waals surface area contributed by atoms with Gasteiger partial charge in [-0.3, -0.25) is 0 Å². The summed E-state index contributed by atoms with van der Waals surface area (Å²) >= 11 is 0. The first-order valence-corrected chi connectivity index (χ1v) is 11.6. The number of carbonyl (C=O) groups excluding carboxylic acids is 2. The highest BCUT2D eigenvalue weighted by molar-refractivity contribution is 5.92. The molecule has 192 valence electrons. The number of esters is 2. The van der Waals surface area contributed by atoms with Gasteiger partial charge >= 0.3 is 11.9 Å². The average Bonchev–Trinajstić information content (AvgIpc) is 2.89. The zero-order valence-electron chi connectivity index (χ0n) is 19.9. The summed E-state index contributed by atoms with van der Waals surface area (Å²) in [6, 6.07) is 9.89. The first kappa shape index (κ1) is 29.5. The Morgan fingerprint density at radius 3 is 1.86 bits per heavy atom. The molecular weight excluding hydrogens is 456 g/mol. The normalized spacial score (nSPS) is 10.1. The molecule has 0 unspecified atom stereocenters. The van der Waals surface area contributed by atoms with Crippen molar-refractivity contribution in [2.24, 2.45) is 5.18 Å². The fourth-order valence-electron chi connectivity index (χ4n) is 3.31. The van der Waals surface area contributed by atoms with Gasteiger partial charge in [0, 0.05) is 0 Å². The van der Waals surface area contributed by atoms with E-state index in [1.54, 1.807) is 12.1 Å². The first-order valence-electron chi connectivity index (χ1n) is 11.6. The van der Waals surface area contributed by atoms with E-state index >= 15 is 0 Å². The third-order valence-electron chi connectivity index (χ3n) is 5.14. The van der Waals surface area contributed by atoms with Crippen molar-refractivity contribution >= 4 is 17.6 Å². The second-order valence-electron chi connectivity index (χ2n) is 7.80. The van der Waals surface area contributed by atoms with Crippen LogP contribution in [0.1, 0.15) is 78.5 Å². The Balaban J connectivity index is 0.00000298. The summed E-state index contributed by atoms with van der Waals surface area (Å²) in [5, 5.41) is 28.6. The van der Waals surface area contributed by atoms with Gasteiger partial charge in [0.25, 0.3) is 0 Å². The average molecular weight is 492 g/mol. The number of aromatic hydroxyl groups is 2. The van der Waals surface area contributed by atoms with Gasteiger partial charge in [-0.2, -0.15) is 0 Å². The second-order valence-corrected chi connectivity index (χ2v) is 7.80. The minimum absolute atomic E-state index is 0.0332. The molecular formula is C25H35N2O8+. The van der Waals surface area contributed by atoms with Gasteiger partial charge in [-0.15, -0.1) is 4.91 Å². The van der Waals surface area contributed by atoms with Crippen molar-refractivity contribution < 1.29 is 40.4 Å². The van der Waals surface area contributed by atoms with E-state index in [4.69, 9.17) is 14.7 Å². The molecule has 0 aliphatic heterocycles. The van der Waals surface area contributed by atoms with Crippen LogP contribution in [0.15, 0.2) is 47.6 Å². The number of quaternary nitrogens is 1. The van der Waals surface area contributed by atoms with Crippen molar-refractivity contribution in [1.82, 2.24) is 0 Å². The van der Waals surface area contributed by atoms with Crippen LogP contribution in [0.5, 0.6) is 11.5 Å². The highest BCUT2D eigenvalue weighted by atomic mass is 16.5. The van der Waals surface area contributed by atoms with Gasteiger partial charge in [0.2, 0.25) is 0 Å². The number of carbonyl (C=O) groups is 2. The Morgan fingerprint density at radius 2 is 1.29 bits per heavy atom. The Hall–Kier alpha value is -3.50. The lowest BCUT2D eigenvalue weighted by molar-refractivity contribution is -0.670. The molecule has 35 heavy (non-hydrogen) atoms. The van der Waals surface area contributed by atoms with Crippen LogP contribution in [0, 0.1) is 4.91 Å². The molecule has 10 heteroatoms. The molecule has 0 radical (unpaired) electrons. The number of unbranched alkanes of at least 4 members (excludes halogenated alkanes) is 8. The van der Waals surface area contributed by atoms with Gasteiger partial charge in [-0.1, -0.05) is 51.0 Å². The van der Waals surface area contributed by atoms with E-state index in [2.05, 4.69) is 11.1 Å². The molecule has 0 spiro atoms. The summed E-state index contributed by atoms with van der Waals surface area (Å²) in [4.78, 5) is 34.3. The minimum Gasteiger partial charge on any atom is -0.508 e. The van der Waals surface area contributed by atoms with Crippen LogP contribution in [0.3, 0.4) is 0 Å². The van der Waals surface area contributed by atoms with E-state index in [1.165, 1.54) is 30.3 Å². The van der Waals surface area contributed by atoms with E-state index in [0.29, 0.717) is 12.2 Å². The van der Waals surface area contributed by atoms with Crippen molar-refractivity contribution in [2.45, 2.75) is 57.8 Å². The first-order chi connectivity index (χ1) is 17.0. The maximum Gasteiger partial charge on any atom is 0.342 e. The molecule has 0 aliphatic rings. The molecule has 0 fully saturated rings.